The van der Waals surface area contributed by atoms with Crippen LogP contribution in [0.3, 0.4) is 0 Å². The Morgan fingerprint density at radius 3 is 2.14 bits per heavy atom. The van der Waals surface area contributed by atoms with E-state index in [0.29, 0.717) is 5.82 Å². The van der Waals surface area contributed by atoms with Crippen molar-refractivity contribution < 1.29 is 9.90 Å². The van der Waals surface area contributed by atoms with Gasteiger partial charge in [0, 0.05) is 5.54 Å². The summed E-state index contributed by atoms with van der Waals surface area (Å²) in [6, 6.07) is 7.62. The van der Waals surface area contributed by atoms with Gasteiger partial charge < -0.3 is 10.4 Å². The maximum atomic E-state index is 11.5. The maximum absolute atomic E-state index is 11.5. The molecule has 21 heavy (non-hydrogen) atoms. The largest absolute Gasteiger partial charge is 0.481 e. The highest BCUT2D eigenvalue weighted by atomic mass is 16.4. The van der Waals surface area contributed by atoms with Gasteiger partial charge in [-0.2, -0.15) is 0 Å². The maximum Gasteiger partial charge on any atom is 0.311 e. The van der Waals surface area contributed by atoms with E-state index in [1.165, 1.54) is 0 Å². The van der Waals surface area contributed by atoms with Gasteiger partial charge in [0.2, 0.25) is 0 Å². The highest BCUT2D eigenvalue weighted by Crippen LogP contribution is 2.34. The zero-order valence-electron chi connectivity index (χ0n) is 13.1. The summed E-state index contributed by atoms with van der Waals surface area (Å²) >= 11 is 0. The molecule has 0 radical (unpaired) electrons. The van der Waals surface area contributed by atoms with Crippen LogP contribution in [-0.4, -0.2) is 26.6 Å². The molecule has 5 nitrogen and oxygen atoms in total. The lowest BCUT2D eigenvalue weighted by Crippen LogP contribution is -2.51. The van der Waals surface area contributed by atoms with Gasteiger partial charge in [-0.3, -0.25) is 4.79 Å². The van der Waals surface area contributed by atoms with Crippen molar-refractivity contribution in [3.8, 4) is 0 Å². The van der Waals surface area contributed by atoms with Crippen LogP contribution < -0.4 is 5.32 Å². The second kappa shape index (κ2) is 4.98. The Morgan fingerprint density at radius 2 is 1.62 bits per heavy atom. The molecule has 2 N–H and O–H groups in total. The first-order valence-corrected chi connectivity index (χ1v) is 6.90. The molecule has 0 atom stereocenters. The minimum absolute atomic E-state index is 0.619. The van der Waals surface area contributed by atoms with E-state index >= 15 is 0 Å². The number of nitrogens with zero attached hydrogens (tertiary/aromatic N) is 2. The molecule has 0 saturated heterocycles. The molecule has 1 aromatic carbocycles. The molecule has 0 unspecified atom stereocenters. The number of fused-ring (bicyclic) bond motifs is 1. The number of carboxylic acids is 1. The summed E-state index contributed by atoms with van der Waals surface area (Å²) in [7, 11) is 0. The Bertz CT molecular complexity index is 693. The number of para-hydroxylation sites is 2. The quantitative estimate of drug-likeness (QED) is 0.903. The number of hydrogen-bond donors (Lipinski definition) is 2. The molecule has 112 valence electrons. The molecule has 2 aromatic rings. The lowest BCUT2D eigenvalue weighted by Gasteiger charge is -2.39. The number of anilines is 1. The number of carbonyl (C=O) groups is 1. The van der Waals surface area contributed by atoms with E-state index in [0.717, 1.165) is 16.7 Å². The van der Waals surface area contributed by atoms with E-state index in [4.69, 9.17) is 0 Å². The molecule has 1 heterocycles. The SMILES string of the molecule is Cc1nc2ccccc2nc1NC(C)(C)C(C)(C)C(=O)O. The molecule has 1 aromatic heterocycles. The Balaban J connectivity index is 2.43. The first kappa shape index (κ1) is 15.2. The lowest BCUT2D eigenvalue weighted by molar-refractivity contribution is -0.149. The van der Waals surface area contributed by atoms with E-state index in [1.54, 1.807) is 13.8 Å². The Morgan fingerprint density at radius 1 is 1.10 bits per heavy atom. The van der Waals surface area contributed by atoms with Crippen LogP contribution in [0.15, 0.2) is 24.3 Å². The molecule has 0 bridgehead atoms. The first-order chi connectivity index (χ1) is 9.65. The van der Waals surface area contributed by atoms with Gasteiger partial charge in [-0.15, -0.1) is 0 Å². The number of benzene rings is 1. The summed E-state index contributed by atoms with van der Waals surface area (Å²) in [6.45, 7) is 8.98. The number of nitrogens with one attached hydrogen (secondary N) is 1. The minimum atomic E-state index is -0.952. The van der Waals surface area contributed by atoms with Crippen LogP contribution in [0.1, 0.15) is 33.4 Å². The molecule has 0 aliphatic heterocycles. The number of aryl methyl sites for hydroxylation is 1. The predicted octanol–water partition coefficient (Wildman–Crippen LogP) is 3.24. The Hall–Kier alpha value is -2.17. The van der Waals surface area contributed by atoms with E-state index in [-0.39, 0.29) is 0 Å². The van der Waals surface area contributed by atoms with Crippen LogP contribution >= 0.6 is 0 Å². The molecule has 0 spiro atoms. The van der Waals surface area contributed by atoms with E-state index in [2.05, 4.69) is 15.3 Å². The fourth-order valence-electron chi connectivity index (χ4n) is 1.93. The smallest absolute Gasteiger partial charge is 0.311 e. The van der Waals surface area contributed by atoms with Crippen molar-refractivity contribution in [2.24, 2.45) is 5.41 Å². The van der Waals surface area contributed by atoms with Crippen LogP contribution in [0.5, 0.6) is 0 Å². The third-order valence-electron chi connectivity index (χ3n) is 4.27. The van der Waals surface area contributed by atoms with Gasteiger partial charge in [0.1, 0.15) is 5.82 Å². The fraction of sp³-hybridized carbons (Fsp3) is 0.438. The van der Waals surface area contributed by atoms with Crippen molar-refractivity contribution in [1.82, 2.24) is 9.97 Å². The van der Waals surface area contributed by atoms with Crippen LogP contribution in [0, 0.1) is 12.3 Å². The molecule has 0 aliphatic carbocycles. The first-order valence-electron chi connectivity index (χ1n) is 6.90. The van der Waals surface area contributed by atoms with Crippen molar-refractivity contribution in [1.29, 1.82) is 0 Å². The number of hydrogen-bond acceptors (Lipinski definition) is 4. The molecule has 0 amide bonds. The van der Waals surface area contributed by atoms with E-state index in [9.17, 15) is 9.90 Å². The van der Waals surface area contributed by atoms with Gasteiger partial charge >= 0.3 is 5.97 Å². The standard InChI is InChI=1S/C16H21N3O2/c1-10-13(18-12-9-7-6-8-11(12)17-10)19-16(4,5)15(2,3)14(20)21/h6-9H,1-5H3,(H,18,19)(H,20,21). The highest BCUT2D eigenvalue weighted by Gasteiger charge is 2.44. The number of aromatic nitrogens is 2. The summed E-state index contributed by atoms with van der Waals surface area (Å²) in [5.74, 6) is -0.237. The summed E-state index contributed by atoms with van der Waals surface area (Å²) in [5, 5.41) is 12.7. The summed E-state index contributed by atoms with van der Waals surface area (Å²) in [5.41, 5.74) is 0.737. The van der Waals surface area contributed by atoms with Gasteiger partial charge in [0.15, 0.2) is 0 Å². The average Bonchev–Trinajstić information content (AvgIpc) is 2.39. The predicted molar refractivity (Wildman–Crippen MR) is 83.4 cm³/mol. The topological polar surface area (TPSA) is 75.1 Å². The molecule has 2 rings (SSSR count). The zero-order valence-corrected chi connectivity index (χ0v) is 13.1. The van der Waals surface area contributed by atoms with Crippen molar-refractivity contribution in [3.63, 3.8) is 0 Å². The summed E-state index contributed by atoms with van der Waals surface area (Å²) in [4.78, 5) is 20.6. The molecule has 0 saturated carbocycles. The summed E-state index contributed by atoms with van der Waals surface area (Å²) < 4.78 is 0. The third kappa shape index (κ3) is 2.68. The third-order valence-corrected chi connectivity index (χ3v) is 4.27. The fourth-order valence-corrected chi connectivity index (χ4v) is 1.93. The van der Waals surface area contributed by atoms with Gasteiger partial charge in [-0.25, -0.2) is 9.97 Å². The molecular weight excluding hydrogens is 266 g/mol. The van der Waals surface area contributed by atoms with Crippen LogP contribution in [-0.2, 0) is 4.79 Å². The normalized spacial score (nSPS) is 12.4. The Kier molecular flexibility index (Phi) is 3.61. The number of aliphatic carboxylic acids is 1. The van der Waals surface area contributed by atoms with Crippen molar-refractivity contribution in [3.05, 3.63) is 30.0 Å². The molecule has 0 fully saturated rings. The second-order valence-electron chi connectivity index (χ2n) is 6.33. The molecule has 5 heteroatoms. The highest BCUT2D eigenvalue weighted by molar-refractivity contribution is 5.78. The van der Waals surface area contributed by atoms with E-state index in [1.807, 2.05) is 45.0 Å². The Labute approximate surface area is 124 Å². The van der Waals surface area contributed by atoms with E-state index < -0.39 is 16.9 Å². The van der Waals surface area contributed by atoms with Crippen molar-refractivity contribution in [2.45, 2.75) is 40.2 Å². The van der Waals surface area contributed by atoms with Crippen LogP contribution in [0.4, 0.5) is 5.82 Å². The molecular formula is C16H21N3O2. The average molecular weight is 287 g/mol. The molecule has 0 aliphatic rings. The van der Waals surface area contributed by atoms with Gasteiger partial charge in [0.25, 0.3) is 0 Å². The van der Waals surface area contributed by atoms with Crippen molar-refractivity contribution in [2.75, 3.05) is 5.32 Å². The lowest BCUT2D eigenvalue weighted by atomic mass is 9.74. The number of rotatable bonds is 4. The zero-order chi connectivity index (χ0) is 15.8. The monoisotopic (exact) mass is 287 g/mol. The van der Waals surface area contributed by atoms with Gasteiger partial charge in [-0.1, -0.05) is 12.1 Å². The minimum Gasteiger partial charge on any atom is -0.481 e. The van der Waals surface area contributed by atoms with Gasteiger partial charge in [0.05, 0.1) is 22.1 Å². The van der Waals surface area contributed by atoms with Crippen LogP contribution in [0.25, 0.3) is 11.0 Å². The van der Waals surface area contributed by atoms with Crippen LogP contribution in [0.2, 0.25) is 0 Å². The summed E-state index contributed by atoms with van der Waals surface area (Å²) in [6.07, 6.45) is 0. The second-order valence-corrected chi connectivity index (χ2v) is 6.33. The van der Waals surface area contributed by atoms with Crippen molar-refractivity contribution >= 4 is 22.8 Å². The van der Waals surface area contributed by atoms with Gasteiger partial charge in [-0.05, 0) is 46.8 Å². The number of carboxylic acid groups (broad SMARTS) is 1.